The molecule has 1 aromatic carbocycles. The van der Waals surface area contributed by atoms with Crippen LogP contribution < -0.4 is 5.32 Å². The van der Waals surface area contributed by atoms with Gasteiger partial charge < -0.3 is 15.7 Å². The molecular weight excluding hydrogens is 337 g/mol. The lowest BCUT2D eigenvalue weighted by molar-refractivity contribution is 0.259. The molecule has 1 saturated heterocycles. The fraction of sp³-hybridized carbons (Fsp3) is 0.500. The highest BCUT2D eigenvalue weighted by Crippen LogP contribution is 2.23. The van der Waals surface area contributed by atoms with E-state index >= 15 is 0 Å². The standard InChI is InChI=1S/C16H22ClN3O.ClH.H2O/c1-3-4-10-20-11-6-9-15(20)19-16(21)18-14-8-5-7-13(17)12(14)2;;/h5,7-8H,3-4,6,9-11H2,1-2H3,(H,18,21);1H;1H2/b19-15-;;. The molecule has 7 heteroatoms. The minimum absolute atomic E-state index is 0. The van der Waals surface area contributed by atoms with Gasteiger partial charge in [-0.05, 0) is 37.5 Å². The third-order valence-corrected chi connectivity index (χ3v) is 4.12. The molecule has 0 saturated carbocycles. The van der Waals surface area contributed by atoms with Gasteiger partial charge in [-0.2, -0.15) is 4.99 Å². The highest BCUT2D eigenvalue weighted by atomic mass is 35.5. The van der Waals surface area contributed by atoms with E-state index in [4.69, 9.17) is 11.6 Å². The van der Waals surface area contributed by atoms with E-state index in [1.165, 1.54) is 0 Å². The Bertz CT molecular complexity index is 550. The minimum Gasteiger partial charge on any atom is -0.412 e. The van der Waals surface area contributed by atoms with Gasteiger partial charge in [-0.25, -0.2) is 4.79 Å². The van der Waals surface area contributed by atoms with Gasteiger partial charge in [-0.15, -0.1) is 12.4 Å². The maximum absolute atomic E-state index is 12.1. The molecule has 130 valence electrons. The number of unbranched alkanes of at least 4 members (excludes halogenated alkanes) is 1. The Morgan fingerprint density at radius 2 is 2.17 bits per heavy atom. The highest BCUT2D eigenvalue weighted by Gasteiger charge is 2.19. The molecule has 0 spiro atoms. The summed E-state index contributed by atoms with van der Waals surface area (Å²) in [4.78, 5) is 18.5. The monoisotopic (exact) mass is 361 g/mol. The largest absolute Gasteiger partial charge is 0.412 e. The Hall–Kier alpha value is -1.30. The highest BCUT2D eigenvalue weighted by molar-refractivity contribution is 6.31. The van der Waals surface area contributed by atoms with Crippen LogP contribution in [0.5, 0.6) is 0 Å². The first-order chi connectivity index (χ1) is 10.1. The quantitative estimate of drug-likeness (QED) is 0.876. The summed E-state index contributed by atoms with van der Waals surface area (Å²) >= 11 is 6.05. The molecule has 1 heterocycles. The van der Waals surface area contributed by atoms with Crippen LogP contribution in [0.1, 0.15) is 38.2 Å². The van der Waals surface area contributed by atoms with Crippen molar-refractivity contribution in [3.63, 3.8) is 0 Å². The lowest BCUT2D eigenvalue weighted by Gasteiger charge is -2.18. The van der Waals surface area contributed by atoms with Gasteiger partial charge in [-0.3, -0.25) is 0 Å². The maximum Gasteiger partial charge on any atom is 0.347 e. The molecule has 2 rings (SSSR count). The summed E-state index contributed by atoms with van der Waals surface area (Å²) in [6.45, 7) is 6.04. The fourth-order valence-electron chi connectivity index (χ4n) is 2.43. The van der Waals surface area contributed by atoms with Crippen LogP contribution in [-0.2, 0) is 0 Å². The molecule has 0 bridgehead atoms. The van der Waals surface area contributed by atoms with Gasteiger partial charge in [0.2, 0.25) is 0 Å². The molecule has 23 heavy (non-hydrogen) atoms. The van der Waals surface area contributed by atoms with Crippen molar-refractivity contribution in [1.29, 1.82) is 0 Å². The summed E-state index contributed by atoms with van der Waals surface area (Å²) in [5.74, 6) is 0.903. The van der Waals surface area contributed by atoms with Crippen LogP contribution in [0.4, 0.5) is 10.5 Å². The number of rotatable bonds is 4. The normalized spacial score (nSPS) is 15.1. The summed E-state index contributed by atoms with van der Waals surface area (Å²) in [6, 6.07) is 5.14. The summed E-state index contributed by atoms with van der Waals surface area (Å²) in [7, 11) is 0. The number of nitrogens with one attached hydrogen (secondary N) is 1. The van der Waals surface area contributed by atoms with Crippen molar-refractivity contribution in [2.45, 2.75) is 39.5 Å². The minimum atomic E-state index is -0.321. The SMILES string of the molecule is CCCCN1CCC/C1=N/C(=O)Nc1cccc(Cl)c1C.Cl.O. The van der Waals surface area contributed by atoms with Gasteiger partial charge in [0.25, 0.3) is 0 Å². The average Bonchev–Trinajstić information content (AvgIpc) is 2.88. The first-order valence-electron chi connectivity index (χ1n) is 7.50. The molecule has 0 radical (unpaired) electrons. The Kier molecular flexibility index (Phi) is 9.88. The van der Waals surface area contributed by atoms with Crippen LogP contribution in [0.2, 0.25) is 5.02 Å². The molecule has 2 amide bonds. The number of hydrogen-bond donors (Lipinski definition) is 1. The number of carbonyl (C=O) groups is 1. The van der Waals surface area contributed by atoms with E-state index in [1.54, 1.807) is 0 Å². The average molecular weight is 362 g/mol. The summed E-state index contributed by atoms with van der Waals surface area (Å²) < 4.78 is 0. The molecule has 1 aromatic rings. The molecule has 0 atom stereocenters. The van der Waals surface area contributed by atoms with Crippen LogP contribution in [0.25, 0.3) is 0 Å². The van der Waals surface area contributed by atoms with Gasteiger partial charge in [0.15, 0.2) is 0 Å². The number of halogens is 2. The lowest BCUT2D eigenvalue weighted by atomic mass is 10.2. The third kappa shape index (κ3) is 6.01. The molecule has 1 aliphatic rings. The van der Waals surface area contributed by atoms with Crippen molar-refractivity contribution in [2.24, 2.45) is 4.99 Å². The molecule has 1 fully saturated rings. The van der Waals surface area contributed by atoms with Crippen molar-refractivity contribution in [3.05, 3.63) is 28.8 Å². The number of aliphatic imine (C=N–C) groups is 1. The van der Waals surface area contributed by atoms with Gasteiger partial charge in [0.1, 0.15) is 5.84 Å². The van der Waals surface area contributed by atoms with Crippen LogP contribution in [0.3, 0.4) is 0 Å². The summed E-state index contributed by atoms with van der Waals surface area (Å²) in [5.41, 5.74) is 1.58. The van der Waals surface area contributed by atoms with E-state index in [0.717, 1.165) is 55.9 Å². The first-order valence-corrected chi connectivity index (χ1v) is 7.88. The topological polar surface area (TPSA) is 76.2 Å². The third-order valence-electron chi connectivity index (χ3n) is 3.71. The van der Waals surface area contributed by atoms with E-state index < -0.39 is 0 Å². The number of hydrogen-bond acceptors (Lipinski definition) is 1. The maximum atomic E-state index is 12.1. The van der Waals surface area contributed by atoms with E-state index in [-0.39, 0.29) is 23.9 Å². The zero-order valence-electron chi connectivity index (χ0n) is 13.6. The van der Waals surface area contributed by atoms with E-state index in [1.807, 2.05) is 25.1 Å². The molecule has 0 unspecified atom stereocenters. The van der Waals surface area contributed by atoms with Crippen molar-refractivity contribution < 1.29 is 10.3 Å². The zero-order chi connectivity index (χ0) is 15.2. The van der Waals surface area contributed by atoms with Gasteiger partial charge in [0, 0.05) is 30.2 Å². The van der Waals surface area contributed by atoms with E-state index in [2.05, 4.69) is 22.1 Å². The lowest BCUT2D eigenvalue weighted by Crippen LogP contribution is -2.27. The predicted molar refractivity (Wildman–Crippen MR) is 99.2 cm³/mol. The first kappa shape index (κ1) is 21.7. The Balaban J connectivity index is 0.00000242. The molecule has 0 aliphatic carbocycles. The Morgan fingerprint density at radius 1 is 1.43 bits per heavy atom. The van der Waals surface area contributed by atoms with Crippen molar-refractivity contribution >= 4 is 41.6 Å². The molecule has 0 aromatic heterocycles. The number of carbonyl (C=O) groups excluding carboxylic acids is 1. The summed E-state index contributed by atoms with van der Waals surface area (Å²) in [5, 5.41) is 3.46. The molecule has 5 nitrogen and oxygen atoms in total. The fourth-order valence-corrected chi connectivity index (χ4v) is 2.61. The van der Waals surface area contributed by atoms with Crippen LogP contribution in [0, 0.1) is 6.92 Å². The van der Waals surface area contributed by atoms with Gasteiger partial charge in [0.05, 0.1) is 0 Å². The van der Waals surface area contributed by atoms with Gasteiger partial charge >= 0.3 is 6.03 Å². The van der Waals surface area contributed by atoms with Crippen LogP contribution >= 0.6 is 24.0 Å². The molecular formula is C16H25Cl2N3O2. The second-order valence-electron chi connectivity index (χ2n) is 5.31. The summed E-state index contributed by atoms with van der Waals surface area (Å²) in [6.07, 6.45) is 4.24. The number of amidine groups is 1. The number of anilines is 1. The Morgan fingerprint density at radius 3 is 2.87 bits per heavy atom. The number of nitrogens with zero attached hydrogens (tertiary/aromatic N) is 2. The number of likely N-dealkylation sites (tertiary alicyclic amines) is 1. The zero-order valence-corrected chi connectivity index (χ0v) is 15.1. The number of benzene rings is 1. The van der Waals surface area contributed by atoms with Crippen molar-refractivity contribution in [3.8, 4) is 0 Å². The molecule has 3 N–H and O–H groups in total. The van der Waals surface area contributed by atoms with Crippen molar-refractivity contribution in [1.82, 2.24) is 4.90 Å². The smallest absolute Gasteiger partial charge is 0.347 e. The second kappa shape index (κ2) is 10.5. The van der Waals surface area contributed by atoms with Crippen LogP contribution in [0.15, 0.2) is 23.2 Å². The Labute approximate surface area is 148 Å². The van der Waals surface area contributed by atoms with E-state index in [9.17, 15) is 4.79 Å². The molecule has 1 aliphatic heterocycles. The van der Waals surface area contributed by atoms with E-state index in [0.29, 0.717) is 5.02 Å². The van der Waals surface area contributed by atoms with Gasteiger partial charge in [-0.1, -0.05) is 31.0 Å². The number of urea groups is 1. The number of amides is 2. The van der Waals surface area contributed by atoms with Crippen LogP contribution in [-0.4, -0.2) is 35.3 Å². The van der Waals surface area contributed by atoms with Crippen molar-refractivity contribution in [2.75, 3.05) is 18.4 Å². The second-order valence-corrected chi connectivity index (χ2v) is 5.72. The predicted octanol–water partition coefficient (Wildman–Crippen LogP) is 4.07.